The van der Waals surface area contributed by atoms with E-state index in [0.29, 0.717) is 42.1 Å². The number of hydrogen-bond acceptors (Lipinski definition) is 5. The first-order valence-electron chi connectivity index (χ1n) is 10.8. The monoisotopic (exact) mass is 401 g/mol. The van der Waals surface area contributed by atoms with Crippen LogP contribution in [0.1, 0.15) is 71.6 Å². The van der Waals surface area contributed by atoms with Crippen molar-refractivity contribution in [1.82, 2.24) is 5.06 Å². The van der Waals surface area contributed by atoms with Crippen LogP contribution >= 0.6 is 11.8 Å². The molecule has 5 atom stereocenters. The fourth-order valence-corrected chi connectivity index (χ4v) is 5.49. The van der Waals surface area contributed by atoms with Crippen LogP contribution in [0.3, 0.4) is 0 Å². The minimum absolute atomic E-state index is 0.234. The number of nitrogens with zero attached hydrogens (tertiary/aromatic N) is 1. The fraction of sp³-hybridized carbons (Fsp3) is 0.952. The van der Waals surface area contributed by atoms with Crippen LogP contribution in [0.25, 0.3) is 0 Å². The number of hydrogen-bond donors (Lipinski definition) is 1. The largest absolute Gasteiger partial charge is 0.381 e. The van der Waals surface area contributed by atoms with Gasteiger partial charge < -0.3 is 9.47 Å². The molecule has 2 aliphatic heterocycles. The lowest BCUT2D eigenvalue weighted by Crippen LogP contribution is -2.31. The molecule has 0 spiro atoms. The number of ether oxygens (including phenoxy) is 2. The highest BCUT2D eigenvalue weighted by Gasteiger charge is 2.48. The third-order valence-corrected chi connectivity index (χ3v) is 7.28. The van der Waals surface area contributed by atoms with Gasteiger partial charge in [-0.2, -0.15) is 11.8 Å². The van der Waals surface area contributed by atoms with Crippen molar-refractivity contribution in [2.24, 2.45) is 11.8 Å². The van der Waals surface area contributed by atoms with Gasteiger partial charge in [-0.3, -0.25) is 10.0 Å². The Balaban J connectivity index is 1.62. The summed E-state index contributed by atoms with van der Waals surface area (Å²) in [6.07, 6.45) is 10.4. The molecule has 6 heteroatoms. The van der Waals surface area contributed by atoms with E-state index >= 15 is 0 Å². The van der Waals surface area contributed by atoms with Crippen LogP contribution in [-0.2, 0) is 14.3 Å². The second-order valence-corrected chi connectivity index (χ2v) is 9.73. The average Bonchev–Trinajstić information content (AvgIpc) is 3.24. The zero-order valence-electron chi connectivity index (χ0n) is 17.4. The van der Waals surface area contributed by atoms with Crippen molar-refractivity contribution in [3.05, 3.63) is 0 Å². The van der Waals surface area contributed by atoms with E-state index < -0.39 is 0 Å². The highest BCUT2D eigenvalue weighted by molar-refractivity contribution is 7.99. The van der Waals surface area contributed by atoms with Gasteiger partial charge in [0.2, 0.25) is 5.91 Å². The molecule has 2 rings (SSSR count). The molecule has 5 unspecified atom stereocenters. The number of carbonyl (C=O) groups is 1. The molecule has 27 heavy (non-hydrogen) atoms. The van der Waals surface area contributed by atoms with Crippen LogP contribution in [0.2, 0.25) is 0 Å². The summed E-state index contributed by atoms with van der Waals surface area (Å²) in [6, 6.07) is 0. The Morgan fingerprint density at radius 2 is 2.00 bits per heavy atom. The molecule has 2 saturated heterocycles. The van der Waals surface area contributed by atoms with E-state index in [1.54, 1.807) is 0 Å². The first-order valence-corrected chi connectivity index (χ1v) is 11.9. The second kappa shape index (κ2) is 12.3. The SMILES string of the molecule is CCCCC(C)SCCC1C2CCC(O2)C1COCCCCC(=O)N(C)O. The van der Waals surface area contributed by atoms with Gasteiger partial charge >= 0.3 is 0 Å². The van der Waals surface area contributed by atoms with Crippen molar-refractivity contribution in [3.63, 3.8) is 0 Å². The summed E-state index contributed by atoms with van der Waals surface area (Å²) in [5.41, 5.74) is 0. The average molecular weight is 402 g/mol. The molecule has 0 aliphatic carbocycles. The summed E-state index contributed by atoms with van der Waals surface area (Å²) in [7, 11) is 1.37. The van der Waals surface area contributed by atoms with Crippen molar-refractivity contribution >= 4 is 17.7 Å². The lowest BCUT2D eigenvalue weighted by Gasteiger charge is -2.28. The van der Waals surface area contributed by atoms with Crippen LogP contribution in [0.4, 0.5) is 0 Å². The predicted octanol–water partition coefficient (Wildman–Crippen LogP) is 4.52. The quantitative estimate of drug-likeness (QED) is 0.263. The van der Waals surface area contributed by atoms with E-state index in [1.807, 2.05) is 0 Å². The summed E-state index contributed by atoms with van der Waals surface area (Å²) >= 11 is 2.12. The highest BCUT2D eigenvalue weighted by Crippen LogP contribution is 2.45. The normalized spacial score (nSPS) is 27.9. The Labute approximate surface area is 169 Å². The Bertz CT molecular complexity index is 434. The number of rotatable bonds is 14. The van der Waals surface area contributed by atoms with E-state index in [9.17, 15) is 4.79 Å². The lowest BCUT2D eigenvalue weighted by molar-refractivity contribution is -0.159. The standard InChI is InChI=1S/C21H39NO4S/c1-4-5-8-16(2)27-14-12-17-18(20-11-10-19(17)26-20)15-25-13-7-6-9-21(23)22(3)24/h16-20,24H,4-15H2,1-3H3. The molecule has 158 valence electrons. The number of fused-ring (bicyclic) bond motifs is 2. The van der Waals surface area contributed by atoms with Crippen LogP contribution in [-0.4, -0.2) is 59.6 Å². The first kappa shape index (κ1) is 23.0. The third kappa shape index (κ3) is 7.56. The molecular weight excluding hydrogens is 362 g/mol. The zero-order valence-corrected chi connectivity index (χ0v) is 18.2. The molecular formula is C21H39NO4S. The Morgan fingerprint density at radius 1 is 1.26 bits per heavy atom. The fourth-order valence-electron chi connectivity index (χ4n) is 4.34. The van der Waals surface area contributed by atoms with E-state index in [4.69, 9.17) is 14.7 Å². The number of hydroxylamine groups is 2. The molecule has 0 aromatic rings. The Morgan fingerprint density at radius 3 is 2.70 bits per heavy atom. The van der Waals surface area contributed by atoms with Crippen molar-refractivity contribution in [2.75, 3.05) is 26.0 Å². The Hall–Kier alpha value is -0.300. The zero-order chi connectivity index (χ0) is 19.6. The molecule has 1 N–H and O–H groups in total. The van der Waals surface area contributed by atoms with Gasteiger partial charge in [0.15, 0.2) is 0 Å². The van der Waals surface area contributed by atoms with Crippen molar-refractivity contribution < 1.29 is 19.5 Å². The topological polar surface area (TPSA) is 59.0 Å². The minimum Gasteiger partial charge on any atom is -0.381 e. The molecule has 0 radical (unpaired) electrons. The van der Waals surface area contributed by atoms with Crippen molar-refractivity contribution in [3.8, 4) is 0 Å². The van der Waals surface area contributed by atoms with Gasteiger partial charge in [-0.15, -0.1) is 0 Å². The highest BCUT2D eigenvalue weighted by atomic mass is 32.2. The third-order valence-electron chi connectivity index (χ3n) is 6.01. The first-order chi connectivity index (χ1) is 13.0. The molecule has 2 aliphatic rings. The maximum absolute atomic E-state index is 11.3. The van der Waals surface area contributed by atoms with Gasteiger partial charge in [-0.25, -0.2) is 5.06 Å². The minimum atomic E-state index is -0.234. The van der Waals surface area contributed by atoms with Crippen LogP contribution in [0.5, 0.6) is 0 Å². The second-order valence-electron chi connectivity index (χ2n) is 8.18. The van der Waals surface area contributed by atoms with E-state index in [-0.39, 0.29) is 5.91 Å². The molecule has 2 fully saturated rings. The van der Waals surface area contributed by atoms with Gasteiger partial charge in [-0.05, 0) is 50.2 Å². The Kier molecular flexibility index (Phi) is 10.5. The molecule has 0 aromatic heterocycles. The maximum atomic E-state index is 11.3. The molecule has 0 aromatic carbocycles. The van der Waals surface area contributed by atoms with Gasteiger partial charge in [-0.1, -0.05) is 26.7 Å². The summed E-state index contributed by atoms with van der Waals surface area (Å²) < 4.78 is 12.1. The summed E-state index contributed by atoms with van der Waals surface area (Å²) in [5.74, 6) is 2.19. The smallest absolute Gasteiger partial charge is 0.245 e. The summed E-state index contributed by atoms with van der Waals surface area (Å²) in [6.45, 7) is 6.09. The number of unbranched alkanes of at least 4 members (excludes halogenated alkanes) is 2. The van der Waals surface area contributed by atoms with Crippen LogP contribution in [0, 0.1) is 11.8 Å². The van der Waals surface area contributed by atoms with Gasteiger partial charge in [0.1, 0.15) is 0 Å². The van der Waals surface area contributed by atoms with Crippen molar-refractivity contribution in [2.45, 2.75) is 89.1 Å². The van der Waals surface area contributed by atoms with Crippen molar-refractivity contribution in [1.29, 1.82) is 0 Å². The molecule has 2 heterocycles. The molecule has 5 nitrogen and oxygen atoms in total. The summed E-state index contributed by atoms with van der Waals surface area (Å²) in [4.78, 5) is 11.3. The predicted molar refractivity (Wildman–Crippen MR) is 110 cm³/mol. The van der Waals surface area contributed by atoms with Crippen LogP contribution in [0.15, 0.2) is 0 Å². The maximum Gasteiger partial charge on any atom is 0.245 e. The lowest BCUT2D eigenvalue weighted by atomic mass is 9.78. The number of carbonyl (C=O) groups excluding carboxylic acids is 1. The number of amides is 1. The molecule has 0 saturated carbocycles. The van der Waals surface area contributed by atoms with Gasteiger partial charge in [0.05, 0.1) is 18.8 Å². The molecule has 1 amide bonds. The van der Waals surface area contributed by atoms with E-state index in [2.05, 4.69) is 25.6 Å². The van der Waals surface area contributed by atoms with E-state index in [0.717, 1.165) is 24.7 Å². The number of thioether (sulfide) groups is 1. The molecule has 2 bridgehead atoms. The van der Waals surface area contributed by atoms with Gasteiger partial charge in [0, 0.05) is 31.2 Å². The van der Waals surface area contributed by atoms with E-state index in [1.165, 1.54) is 51.3 Å². The van der Waals surface area contributed by atoms with Crippen LogP contribution < -0.4 is 0 Å². The summed E-state index contributed by atoms with van der Waals surface area (Å²) in [5, 5.41) is 10.5. The van der Waals surface area contributed by atoms with Gasteiger partial charge in [0.25, 0.3) is 0 Å².